The van der Waals surface area contributed by atoms with Gasteiger partial charge in [-0.15, -0.1) is 0 Å². The summed E-state index contributed by atoms with van der Waals surface area (Å²) in [6.45, 7) is 2.01. The van der Waals surface area contributed by atoms with E-state index in [1.807, 2.05) is 0 Å². The predicted octanol–water partition coefficient (Wildman–Crippen LogP) is -3.60. The molecule has 2 aliphatic rings. The number of aliphatic hydroxyl groups is 7. The van der Waals surface area contributed by atoms with Crippen LogP contribution in [0.5, 0.6) is 0 Å². The van der Waals surface area contributed by atoms with Gasteiger partial charge in [0.25, 0.3) is 0 Å². The molecule has 14 heteroatoms. The van der Waals surface area contributed by atoms with Crippen molar-refractivity contribution in [3.8, 4) is 0 Å². The fourth-order valence-corrected chi connectivity index (χ4v) is 3.49. The van der Waals surface area contributed by atoms with Gasteiger partial charge >= 0.3 is 11.9 Å². The van der Waals surface area contributed by atoms with Crippen LogP contribution in [0.2, 0.25) is 0 Å². The minimum atomic E-state index is -1.81. The van der Waals surface area contributed by atoms with Gasteiger partial charge in [0.15, 0.2) is 12.6 Å². The Balaban J connectivity index is 1.89. The molecule has 0 spiro atoms. The Labute approximate surface area is 194 Å². The predicted molar refractivity (Wildman–Crippen MR) is 107 cm³/mol. The van der Waals surface area contributed by atoms with Crippen LogP contribution < -0.4 is 0 Å². The van der Waals surface area contributed by atoms with Crippen LogP contribution in [0, 0.1) is 0 Å². The van der Waals surface area contributed by atoms with Gasteiger partial charge in [-0.05, 0) is 12.8 Å². The number of rotatable bonds is 11. The Hall–Kier alpha value is -1.72. The maximum absolute atomic E-state index is 11.9. The first-order valence-electron chi connectivity index (χ1n) is 10.7. The van der Waals surface area contributed by atoms with Crippen molar-refractivity contribution in [1.82, 2.24) is 0 Å². The van der Waals surface area contributed by atoms with Crippen molar-refractivity contribution in [3.05, 3.63) is 12.8 Å². The third-order valence-electron chi connectivity index (χ3n) is 5.43. The molecule has 0 radical (unpaired) electrons. The molecule has 34 heavy (non-hydrogen) atoms. The van der Waals surface area contributed by atoms with E-state index < -0.39 is 86.6 Å². The van der Waals surface area contributed by atoms with Gasteiger partial charge in [0, 0.05) is 12.8 Å². The van der Waals surface area contributed by atoms with Gasteiger partial charge in [-0.25, -0.2) is 0 Å². The second kappa shape index (κ2) is 13.4. The molecule has 0 aromatic carbocycles. The summed E-state index contributed by atoms with van der Waals surface area (Å²) in [4.78, 5) is 23.1. The van der Waals surface area contributed by atoms with E-state index in [1.54, 1.807) is 0 Å². The smallest absolute Gasteiger partial charge is 0.310 e. The van der Waals surface area contributed by atoms with E-state index >= 15 is 0 Å². The highest BCUT2D eigenvalue weighted by molar-refractivity contribution is 5.70. The molecule has 2 saturated heterocycles. The number of unbranched alkanes of at least 4 members (excludes halogenated alkanes) is 1. The highest BCUT2D eigenvalue weighted by atomic mass is 16.7. The standard InChI is InChI=1S/C20H32O14/c1-2-30-11(22)5-3-4-6-12(23)31-8-10-13(24)14(25)17(28)20(33-10)34-18-9(7-21)32-19(29)16(27)15(18)26/h2,9-10,13-21,24-29H,1,3-8H2/t9-,10-,13-,14+,15-,16-,17-,18-,19?,20-/m1/s1. The molecule has 0 aliphatic carbocycles. The Kier molecular flexibility index (Phi) is 11.2. The van der Waals surface area contributed by atoms with E-state index in [-0.39, 0.29) is 12.8 Å². The summed E-state index contributed by atoms with van der Waals surface area (Å²) in [5.41, 5.74) is 0. The number of carbonyl (C=O) groups excluding carboxylic acids is 2. The van der Waals surface area contributed by atoms with E-state index in [2.05, 4.69) is 11.3 Å². The summed E-state index contributed by atoms with van der Waals surface area (Å²) < 4.78 is 25.3. The van der Waals surface area contributed by atoms with Crippen molar-refractivity contribution in [3.63, 3.8) is 0 Å². The number of hydrogen-bond donors (Lipinski definition) is 7. The first kappa shape index (κ1) is 28.5. The summed E-state index contributed by atoms with van der Waals surface area (Å²) in [5.74, 6) is -1.15. The lowest BCUT2D eigenvalue weighted by molar-refractivity contribution is -0.355. The average Bonchev–Trinajstić information content (AvgIpc) is 2.81. The molecule has 7 N–H and O–H groups in total. The summed E-state index contributed by atoms with van der Waals surface area (Å²) in [6.07, 6.45) is -14.7. The molecule has 2 heterocycles. The van der Waals surface area contributed by atoms with Gasteiger partial charge < -0.3 is 59.4 Å². The Morgan fingerprint density at radius 1 is 0.824 bits per heavy atom. The van der Waals surface area contributed by atoms with Crippen LogP contribution in [0.3, 0.4) is 0 Å². The number of aliphatic hydroxyl groups excluding tert-OH is 7. The van der Waals surface area contributed by atoms with Crippen molar-refractivity contribution in [2.24, 2.45) is 0 Å². The minimum Gasteiger partial charge on any atom is -0.463 e. The molecule has 10 atom stereocenters. The molecule has 196 valence electrons. The molecule has 2 rings (SSSR count). The van der Waals surface area contributed by atoms with Crippen LogP contribution in [0.1, 0.15) is 25.7 Å². The van der Waals surface area contributed by atoms with Gasteiger partial charge in [-0.1, -0.05) is 6.58 Å². The van der Waals surface area contributed by atoms with E-state index in [9.17, 15) is 45.3 Å². The first-order chi connectivity index (χ1) is 16.1. The zero-order valence-electron chi connectivity index (χ0n) is 18.3. The Morgan fingerprint density at radius 3 is 2.09 bits per heavy atom. The summed E-state index contributed by atoms with van der Waals surface area (Å²) in [6, 6.07) is 0. The average molecular weight is 496 g/mol. The Morgan fingerprint density at radius 2 is 1.47 bits per heavy atom. The highest BCUT2D eigenvalue weighted by Crippen LogP contribution is 2.28. The lowest BCUT2D eigenvalue weighted by Crippen LogP contribution is -2.64. The molecule has 0 amide bonds. The molecule has 0 saturated carbocycles. The Bertz CT molecular complexity index is 672. The maximum atomic E-state index is 11.9. The van der Waals surface area contributed by atoms with Crippen LogP contribution >= 0.6 is 0 Å². The van der Waals surface area contributed by atoms with Gasteiger partial charge in [0.05, 0.1) is 12.9 Å². The van der Waals surface area contributed by atoms with Crippen LogP contribution in [-0.2, 0) is 33.3 Å². The number of ether oxygens (including phenoxy) is 5. The van der Waals surface area contributed by atoms with Gasteiger partial charge in [-0.3, -0.25) is 9.59 Å². The van der Waals surface area contributed by atoms with Crippen LogP contribution in [-0.4, -0.2) is 122 Å². The molecule has 1 unspecified atom stereocenters. The molecule has 14 nitrogen and oxygen atoms in total. The summed E-state index contributed by atoms with van der Waals surface area (Å²) in [7, 11) is 0. The number of hydrogen-bond acceptors (Lipinski definition) is 14. The van der Waals surface area contributed by atoms with Gasteiger partial charge in [0.1, 0.15) is 55.4 Å². The molecular weight excluding hydrogens is 464 g/mol. The largest absolute Gasteiger partial charge is 0.463 e. The van der Waals surface area contributed by atoms with Gasteiger partial charge in [-0.2, -0.15) is 0 Å². The highest BCUT2D eigenvalue weighted by Gasteiger charge is 2.50. The maximum Gasteiger partial charge on any atom is 0.310 e. The number of carbonyl (C=O) groups is 2. The fourth-order valence-electron chi connectivity index (χ4n) is 3.49. The SMILES string of the molecule is C=COC(=O)CCCCC(=O)OC[C@H]1O[C@H](O[C@H]2[C@H](O)[C@@H](O)C(O)O[C@@H]2CO)[C@H](O)[C@@H](O)[C@@H]1O. The van der Waals surface area contributed by atoms with Crippen molar-refractivity contribution in [2.75, 3.05) is 13.2 Å². The molecule has 2 aliphatic heterocycles. The van der Waals surface area contributed by atoms with Crippen molar-refractivity contribution >= 4 is 11.9 Å². The second-order valence-electron chi connectivity index (χ2n) is 7.89. The quantitative estimate of drug-likeness (QED) is 0.0834. The zero-order valence-corrected chi connectivity index (χ0v) is 18.3. The third-order valence-corrected chi connectivity index (χ3v) is 5.43. The molecular formula is C20H32O14. The molecule has 0 aromatic heterocycles. The topological polar surface area (TPSA) is 222 Å². The lowest BCUT2D eigenvalue weighted by atomic mass is 9.97. The van der Waals surface area contributed by atoms with Crippen LogP contribution in [0.4, 0.5) is 0 Å². The number of esters is 2. The van der Waals surface area contributed by atoms with Crippen molar-refractivity contribution < 1.29 is 69.0 Å². The minimum absolute atomic E-state index is 0.0424. The first-order valence-corrected chi connectivity index (χ1v) is 10.7. The van der Waals surface area contributed by atoms with E-state index in [0.29, 0.717) is 12.8 Å². The lowest BCUT2D eigenvalue weighted by Gasteiger charge is -2.45. The summed E-state index contributed by atoms with van der Waals surface area (Å²) in [5, 5.41) is 69.5. The van der Waals surface area contributed by atoms with Crippen molar-refractivity contribution in [2.45, 2.75) is 87.1 Å². The van der Waals surface area contributed by atoms with Crippen LogP contribution in [0.25, 0.3) is 0 Å². The molecule has 0 aromatic rings. The van der Waals surface area contributed by atoms with E-state index in [1.165, 1.54) is 0 Å². The van der Waals surface area contributed by atoms with Crippen LogP contribution in [0.15, 0.2) is 12.8 Å². The third kappa shape index (κ3) is 7.39. The van der Waals surface area contributed by atoms with Crippen molar-refractivity contribution in [1.29, 1.82) is 0 Å². The molecule has 2 fully saturated rings. The monoisotopic (exact) mass is 496 g/mol. The summed E-state index contributed by atoms with van der Waals surface area (Å²) >= 11 is 0. The van der Waals surface area contributed by atoms with Gasteiger partial charge in [0.2, 0.25) is 0 Å². The van der Waals surface area contributed by atoms with E-state index in [0.717, 1.165) is 6.26 Å². The second-order valence-corrected chi connectivity index (χ2v) is 7.89. The normalized spacial score (nSPS) is 38.2. The molecule has 0 bridgehead atoms. The van der Waals surface area contributed by atoms with E-state index in [4.69, 9.17) is 18.9 Å². The fraction of sp³-hybridized carbons (Fsp3) is 0.800. The zero-order chi connectivity index (χ0) is 25.4.